The number of aryl methyl sites for hydroxylation is 1. The van der Waals surface area contributed by atoms with Crippen LogP contribution in [0.25, 0.3) is 0 Å². The van der Waals surface area contributed by atoms with Crippen molar-refractivity contribution in [2.45, 2.75) is 13.5 Å². The van der Waals surface area contributed by atoms with Gasteiger partial charge in [-0.1, -0.05) is 30.3 Å². The first-order valence-corrected chi connectivity index (χ1v) is 9.56. The second-order valence-corrected chi connectivity index (χ2v) is 6.93. The number of ether oxygens (including phenoxy) is 1. The summed E-state index contributed by atoms with van der Waals surface area (Å²) in [5.41, 5.74) is 8.07. The van der Waals surface area contributed by atoms with Crippen LogP contribution in [0.2, 0.25) is 0 Å². The number of aromatic nitrogens is 3. The molecule has 8 heteroatoms. The maximum absolute atomic E-state index is 14.5. The number of amides is 1. The zero-order valence-corrected chi connectivity index (χ0v) is 16.7. The lowest BCUT2D eigenvalue weighted by Crippen LogP contribution is -2.14. The van der Waals surface area contributed by atoms with Crippen molar-refractivity contribution in [2.75, 3.05) is 11.1 Å². The number of carbonyl (C=O) groups is 1. The van der Waals surface area contributed by atoms with Crippen LogP contribution in [-0.2, 0) is 6.54 Å². The van der Waals surface area contributed by atoms with Crippen LogP contribution in [0.4, 0.5) is 15.9 Å². The maximum atomic E-state index is 14.5. The Morgan fingerprint density at radius 3 is 2.68 bits per heavy atom. The highest BCUT2D eigenvalue weighted by atomic mass is 19.1. The standard InChI is InChI=1S/C23H20FN5O2/c1-15-11-20(28-29(15)14-16-5-3-2-4-6-16)23(30)27-17-7-8-21(19(24)12-17)31-18-9-10-26-22(25)13-18/h2-13H,14H2,1H3,(H2,25,26)(H,27,30). The van der Waals surface area contributed by atoms with Crippen LogP contribution in [0.5, 0.6) is 11.5 Å². The molecular formula is C23H20FN5O2. The molecule has 4 aromatic rings. The monoisotopic (exact) mass is 417 g/mol. The average molecular weight is 417 g/mol. The van der Waals surface area contributed by atoms with Crippen LogP contribution >= 0.6 is 0 Å². The van der Waals surface area contributed by atoms with Gasteiger partial charge in [-0.25, -0.2) is 9.37 Å². The van der Waals surface area contributed by atoms with Gasteiger partial charge in [-0.2, -0.15) is 5.10 Å². The first-order valence-electron chi connectivity index (χ1n) is 9.56. The van der Waals surface area contributed by atoms with Gasteiger partial charge >= 0.3 is 0 Å². The zero-order chi connectivity index (χ0) is 21.8. The third-order valence-corrected chi connectivity index (χ3v) is 4.56. The third kappa shape index (κ3) is 4.87. The largest absolute Gasteiger partial charge is 0.454 e. The van der Waals surface area contributed by atoms with Crippen molar-refractivity contribution in [2.24, 2.45) is 0 Å². The molecule has 31 heavy (non-hydrogen) atoms. The summed E-state index contributed by atoms with van der Waals surface area (Å²) >= 11 is 0. The van der Waals surface area contributed by atoms with Crippen molar-refractivity contribution in [3.05, 3.63) is 95.7 Å². The Hall–Kier alpha value is -4.20. The number of carbonyl (C=O) groups excluding carboxylic acids is 1. The summed E-state index contributed by atoms with van der Waals surface area (Å²) in [6, 6.07) is 18.8. The third-order valence-electron chi connectivity index (χ3n) is 4.56. The Morgan fingerprint density at radius 1 is 1.13 bits per heavy atom. The molecule has 2 heterocycles. The van der Waals surface area contributed by atoms with Crippen LogP contribution in [0.15, 0.2) is 72.9 Å². The molecule has 0 aliphatic heterocycles. The van der Waals surface area contributed by atoms with Crippen LogP contribution in [0.3, 0.4) is 0 Å². The molecule has 0 aliphatic rings. The molecule has 0 bridgehead atoms. The van der Waals surface area contributed by atoms with Gasteiger partial charge in [0.05, 0.1) is 6.54 Å². The van der Waals surface area contributed by atoms with E-state index < -0.39 is 11.7 Å². The highest BCUT2D eigenvalue weighted by Gasteiger charge is 2.14. The van der Waals surface area contributed by atoms with E-state index >= 15 is 0 Å². The van der Waals surface area contributed by atoms with Crippen molar-refractivity contribution in [1.82, 2.24) is 14.8 Å². The Bertz CT molecular complexity index is 1220. The quantitative estimate of drug-likeness (QED) is 0.485. The first kappa shape index (κ1) is 20.1. The minimum atomic E-state index is -0.626. The summed E-state index contributed by atoms with van der Waals surface area (Å²) in [7, 11) is 0. The summed E-state index contributed by atoms with van der Waals surface area (Å²) in [4.78, 5) is 16.5. The number of anilines is 2. The number of pyridine rings is 1. The minimum Gasteiger partial charge on any atom is -0.454 e. The van der Waals surface area contributed by atoms with Crippen molar-refractivity contribution >= 4 is 17.4 Å². The summed E-state index contributed by atoms with van der Waals surface area (Å²) in [6.45, 7) is 2.44. The van der Waals surface area contributed by atoms with Gasteiger partial charge in [0.1, 0.15) is 11.6 Å². The lowest BCUT2D eigenvalue weighted by atomic mass is 10.2. The predicted molar refractivity (Wildman–Crippen MR) is 116 cm³/mol. The Balaban J connectivity index is 1.45. The van der Waals surface area contributed by atoms with Gasteiger partial charge in [0.25, 0.3) is 5.91 Å². The lowest BCUT2D eigenvalue weighted by molar-refractivity contribution is 0.102. The molecule has 7 nitrogen and oxygen atoms in total. The Labute approximate surface area is 178 Å². The van der Waals surface area contributed by atoms with Crippen LogP contribution < -0.4 is 15.8 Å². The van der Waals surface area contributed by atoms with E-state index in [1.165, 1.54) is 24.4 Å². The fourth-order valence-electron chi connectivity index (χ4n) is 3.01. The van der Waals surface area contributed by atoms with Gasteiger partial charge in [0, 0.05) is 29.7 Å². The molecule has 0 fully saturated rings. The first-order chi connectivity index (χ1) is 15.0. The summed E-state index contributed by atoms with van der Waals surface area (Å²) in [6.07, 6.45) is 1.47. The molecule has 0 unspecified atom stereocenters. The molecule has 0 radical (unpaired) electrons. The van der Waals surface area contributed by atoms with Crippen molar-refractivity contribution in [1.29, 1.82) is 0 Å². The molecule has 4 rings (SSSR count). The SMILES string of the molecule is Cc1cc(C(=O)Nc2ccc(Oc3ccnc(N)c3)c(F)c2)nn1Cc1ccccc1. The second-order valence-electron chi connectivity index (χ2n) is 6.93. The van der Waals surface area contributed by atoms with E-state index in [9.17, 15) is 9.18 Å². The number of hydrogen-bond acceptors (Lipinski definition) is 5. The normalized spacial score (nSPS) is 10.6. The fraction of sp³-hybridized carbons (Fsp3) is 0.0870. The number of nitrogen functional groups attached to an aromatic ring is 1. The number of hydrogen-bond donors (Lipinski definition) is 2. The number of nitrogens with zero attached hydrogens (tertiary/aromatic N) is 3. The summed E-state index contributed by atoms with van der Waals surface area (Å²) in [5.74, 6) is -0.415. The summed E-state index contributed by atoms with van der Waals surface area (Å²) < 4.78 is 21.7. The van der Waals surface area contributed by atoms with Gasteiger partial charge in [-0.15, -0.1) is 0 Å². The molecular weight excluding hydrogens is 397 g/mol. The highest BCUT2D eigenvalue weighted by Crippen LogP contribution is 2.27. The van der Waals surface area contributed by atoms with Gasteiger partial charge in [0.2, 0.25) is 0 Å². The molecule has 2 aromatic heterocycles. The number of benzene rings is 2. The predicted octanol–water partition coefficient (Wildman–Crippen LogP) is 4.40. The van der Waals surface area contributed by atoms with E-state index in [1.807, 2.05) is 37.3 Å². The van der Waals surface area contributed by atoms with E-state index in [0.717, 1.165) is 11.3 Å². The van der Waals surface area contributed by atoms with Crippen LogP contribution in [0.1, 0.15) is 21.7 Å². The van der Waals surface area contributed by atoms with Crippen LogP contribution in [-0.4, -0.2) is 20.7 Å². The number of nitrogens with one attached hydrogen (secondary N) is 1. The maximum Gasteiger partial charge on any atom is 0.276 e. The molecule has 0 saturated heterocycles. The zero-order valence-electron chi connectivity index (χ0n) is 16.7. The van der Waals surface area contributed by atoms with Crippen LogP contribution in [0, 0.1) is 12.7 Å². The van der Waals surface area contributed by atoms with E-state index in [2.05, 4.69) is 15.4 Å². The van der Waals surface area contributed by atoms with Gasteiger partial charge in [0.15, 0.2) is 17.3 Å². The number of nitrogens with two attached hydrogens (primary N) is 1. The highest BCUT2D eigenvalue weighted by molar-refractivity contribution is 6.02. The van der Waals surface area contributed by atoms with Gasteiger partial charge in [-0.3, -0.25) is 9.48 Å². The molecule has 156 valence electrons. The van der Waals surface area contributed by atoms with E-state index in [4.69, 9.17) is 10.5 Å². The molecule has 0 saturated carbocycles. The average Bonchev–Trinajstić information content (AvgIpc) is 3.11. The Kier molecular flexibility index (Phi) is 5.61. The van der Waals surface area contributed by atoms with E-state index in [-0.39, 0.29) is 17.3 Å². The topological polar surface area (TPSA) is 95.1 Å². The molecule has 1 amide bonds. The van der Waals surface area contributed by atoms with E-state index in [1.54, 1.807) is 22.9 Å². The fourth-order valence-corrected chi connectivity index (χ4v) is 3.01. The van der Waals surface area contributed by atoms with E-state index in [0.29, 0.717) is 18.0 Å². The summed E-state index contributed by atoms with van der Waals surface area (Å²) in [5, 5.41) is 7.04. The van der Waals surface area contributed by atoms with Gasteiger partial charge < -0.3 is 15.8 Å². The van der Waals surface area contributed by atoms with Crippen molar-refractivity contribution < 1.29 is 13.9 Å². The minimum absolute atomic E-state index is 0.00609. The molecule has 0 aliphatic carbocycles. The van der Waals surface area contributed by atoms with Gasteiger partial charge in [-0.05, 0) is 36.8 Å². The van der Waals surface area contributed by atoms with Crippen molar-refractivity contribution in [3.63, 3.8) is 0 Å². The Morgan fingerprint density at radius 2 is 1.94 bits per heavy atom. The number of rotatable bonds is 6. The van der Waals surface area contributed by atoms with Crippen molar-refractivity contribution in [3.8, 4) is 11.5 Å². The smallest absolute Gasteiger partial charge is 0.276 e. The molecule has 2 aromatic carbocycles. The molecule has 3 N–H and O–H groups in total. The lowest BCUT2D eigenvalue weighted by Gasteiger charge is -2.09. The second kappa shape index (κ2) is 8.66. The molecule has 0 spiro atoms. The number of halogens is 1. The molecule has 0 atom stereocenters.